The monoisotopic (exact) mass is 181 g/mol. The first kappa shape index (κ1) is 9.92. The predicted octanol–water partition coefficient (Wildman–Crippen LogP) is 0.938. The van der Waals surface area contributed by atoms with Gasteiger partial charge in [-0.2, -0.15) is 0 Å². The normalized spacial score (nSPS) is 10.5. The highest BCUT2D eigenvalue weighted by Gasteiger charge is 2.01. The fraction of sp³-hybridized carbons (Fsp3) is 0.556. The van der Waals surface area contributed by atoms with E-state index in [-0.39, 0.29) is 0 Å². The molecule has 4 nitrogen and oxygen atoms in total. The molecule has 0 aromatic carbocycles. The van der Waals surface area contributed by atoms with E-state index < -0.39 is 0 Å². The van der Waals surface area contributed by atoms with Crippen LogP contribution in [-0.2, 0) is 0 Å². The van der Waals surface area contributed by atoms with Gasteiger partial charge in [-0.15, -0.1) is 0 Å². The fourth-order valence-corrected chi connectivity index (χ4v) is 0.876. The van der Waals surface area contributed by atoms with E-state index in [0.717, 1.165) is 5.82 Å². The zero-order valence-corrected chi connectivity index (χ0v) is 8.03. The van der Waals surface area contributed by atoms with Gasteiger partial charge in [-0.25, -0.2) is 9.97 Å². The van der Waals surface area contributed by atoms with E-state index in [2.05, 4.69) is 23.8 Å². The van der Waals surface area contributed by atoms with Crippen molar-refractivity contribution in [3.05, 3.63) is 18.2 Å². The number of aromatic nitrogens is 2. The molecule has 0 atom stereocenters. The second-order valence-corrected chi connectivity index (χ2v) is 3.07. The molecule has 0 saturated carbocycles. The van der Waals surface area contributed by atoms with Crippen molar-refractivity contribution in [2.24, 2.45) is 5.73 Å². The first-order chi connectivity index (χ1) is 6.24. The molecule has 1 aromatic heterocycles. The van der Waals surface area contributed by atoms with Crippen LogP contribution in [-0.4, -0.2) is 23.1 Å². The van der Waals surface area contributed by atoms with Gasteiger partial charge >= 0.3 is 0 Å². The van der Waals surface area contributed by atoms with Crippen LogP contribution in [0.5, 0.6) is 5.75 Å². The summed E-state index contributed by atoms with van der Waals surface area (Å²) in [4.78, 5) is 8.31. The maximum atomic E-state index is 5.29. The molecule has 0 spiro atoms. The van der Waals surface area contributed by atoms with E-state index in [4.69, 9.17) is 10.5 Å². The van der Waals surface area contributed by atoms with Crippen LogP contribution in [0.1, 0.15) is 25.6 Å². The van der Waals surface area contributed by atoms with Gasteiger partial charge in [0, 0.05) is 12.5 Å². The summed E-state index contributed by atoms with van der Waals surface area (Å²) in [5.74, 6) is 1.86. The smallest absolute Gasteiger partial charge is 0.155 e. The molecule has 0 aliphatic heterocycles. The van der Waals surface area contributed by atoms with Crippen molar-refractivity contribution in [1.82, 2.24) is 9.97 Å². The third kappa shape index (κ3) is 2.99. The number of nitrogens with two attached hydrogens (primary N) is 1. The van der Waals surface area contributed by atoms with Crippen molar-refractivity contribution in [1.29, 1.82) is 0 Å². The number of hydrogen-bond donors (Lipinski definition) is 1. The van der Waals surface area contributed by atoms with Gasteiger partial charge in [0.1, 0.15) is 12.4 Å². The minimum Gasteiger partial charge on any atom is -0.489 e. The lowest BCUT2D eigenvalue weighted by Crippen LogP contribution is -2.11. The van der Waals surface area contributed by atoms with Crippen LogP contribution in [0.2, 0.25) is 0 Å². The average molecular weight is 181 g/mol. The number of rotatable bonds is 4. The minimum absolute atomic E-state index is 0.351. The number of hydrogen-bond acceptors (Lipinski definition) is 4. The van der Waals surface area contributed by atoms with E-state index >= 15 is 0 Å². The molecule has 0 unspecified atom stereocenters. The number of nitrogens with zero attached hydrogens (tertiary/aromatic N) is 2. The van der Waals surface area contributed by atoms with Crippen molar-refractivity contribution in [2.75, 3.05) is 13.2 Å². The first-order valence-electron chi connectivity index (χ1n) is 4.39. The molecule has 1 aromatic rings. The fourth-order valence-electron chi connectivity index (χ4n) is 0.876. The van der Waals surface area contributed by atoms with Gasteiger partial charge in [-0.1, -0.05) is 13.8 Å². The molecule has 1 rings (SSSR count). The van der Waals surface area contributed by atoms with Gasteiger partial charge < -0.3 is 10.5 Å². The van der Waals surface area contributed by atoms with Crippen LogP contribution in [0.25, 0.3) is 0 Å². The average Bonchev–Trinajstić information content (AvgIpc) is 2.15. The zero-order valence-electron chi connectivity index (χ0n) is 8.03. The summed E-state index contributed by atoms with van der Waals surface area (Å²) in [6.07, 6.45) is 3.36. The van der Waals surface area contributed by atoms with E-state index in [0.29, 0.717) is 24.8 Å². The molecule has 1 heterocycles. The molecule has 0 aliphatic rings. The Hall–Kier alpha value is -1.16. The maximum absolute atomic E-state index is 5.29. The Labute approximate surface area is 78.1 Å². The molecule has 4 heteroatoms. The Morgan fingerprint density at radius 1 is 1.38 bits per heavy atom. The van der Waals surface area contributed by atoms with E-state index in [1.54, 1.807) is 12.4 Å². The molecule has 13 heavy (non-hydrogen) atoms. The van der Waals surface area contributed by atoms with Gasteiger partial charge in [0.25, 0.3) is 0 Å². The lowest BCUT2D eigenvalue weighted by Gasteiger charge is -2.05. The van der Waals surface area contributed by atoms with Crippen LogP contribution >= 0.6 is 0 Å². The minimum atomic E-state index is 0.351. The Morgan fingerprint density at radius 3 is 2.46 bits per heavy atom. The van der Waals surface area contributed by atoms with Gasteiger partial charge in [0.05, 0.1) is 12.4 Å². The third-order valence-corrected chi connectivity index (χ3v) is 1.55. The highest BCUT2D eigenvalue weighted by Crippen LogP contribution is 2.11. The van der Waals surface area contributed by atoms with E-state index in [1.165, 1.54) is 0 Å². The zero-order chi connectivity index (χ0) is 9.68. The van der Waals surface area contributed by atoms with Gasteiger partial charge in [-0.05, 0) is 0 Å². The van der Waals surface area contributed by atoms with Crippen LogP contribution in [0.15, 0.2) is 12.4 Å². The predicted molar refractivity (Wildman–Crippen MR) is 50.7 cm³/mol. The summed E-state index contributed by atoms with van der Waals surface area (Å²) >= 11 is 0. The second-order valence-electron chi connectivity index (χ2n) is 3.07. The van der Waals surface area contributed by atoms with Crippen molar-refractivity contribution in [3.8, 4) is 5.75 Å². The molecular formula is C9H15N3O. The van der Waals surface area contributed by atoms with Gasteiger partial charge in [-0.3, -0.25) is 0 Å². The van der Waals surface area contributed by atoms with E-state index in [9.17, 15) is 0 Å². The first-order valence-corrected chi connectivity index (χ1v) is 4.39. The van der Waals surface area contributed by atoms with Crippen LogP contribution < -0.4 is 10.5 Å². The summed E-state index contributed by atoms with van der Waals surface area (Å²) in [5, 5.41) is 0. The van der Waals surface area contributed by atoms with Crippen molar-refractivity contribution in [2.45, 2.75) is 19.8 Å². The molecule has 0 aliphatic carbocycles. The molecule has 72 valence electrons. The SMILES string of the molecule is CC(C)c1ncc(OCCN)cn1. The summed E-state index contributed by atoms with van der Waals surface area (Å²) in [5.41, 5.74) is 5.29. The van der Waals surface area contributed by atoms with Crippen LogP contribution in [0.4, 0.5) is 0 Å². The Bertz CT molecular complexity index is 246. The second kappa shape index (κ2) is 4.77. The summed E-state index contributed by atoms with van der Waals surface area (Å²) in [6.45, 7) is 5.11. The molecule has 0 radical (unpaired) electrons. The molecule has 0 bridgehead atoms. The molecular weight excluding hydrogens is 166 g/mol. The Balaban J connectivity index is 2.59. The van der Waals surface area contributed by atoms with Crippen molar-refractivity contribution in [3.63, 3.8) is 0 Å². The topological polar surface area (TPSA) is 61.0 Å². The maximum Gasteiger partial charge on any atom is 0.155 e. The highest BCUT2D eigenvalue weighted by molar-refractivity contribution is 5.13. The molecule has 2 N–H and O–H groups in total. The lowest BCUT2D eigenvalue weighted by molar-refractivity contribution is 0.325. The quantitative estimate of drug-likeness (QED) is 0.750. The summed E-state index contributed by atoms with van der Waals surface area (Å²) < 4.78 is 5.24. The standard InChI is InChI=1S/C9H15N3O/c1-7(2)9-11-5-8(6-12-9)13-4-3-10/h5-7H,3-4,10H2,1-2H3. The molecule has 0 amide bonds. The van der Waals surface area contributed by atoms with Gasteiger partial charge in [0.15, 0.2) is 5.75 Å². The largest absolute Gasteiger partial charge is 0.489 e. The highest BCUT2D eigenvalue weighted by atomic mass is 16.5. The molecule has 0 fully saturated rings. The van der Waals surface area contributed by atoms with Crippen molar-refractivity contribution < 1.29 is 4.74 Å². The van der Waals surface area contributed by atoms with Crippen LogP contribution in [0.3, 0.4) is 0 Å². The van der Waals surface area contributed by atoms with Crippen molar-refractivity contribution >= 4 is 0 Å². The Kier molecular flexibility index (Phi) is 3.64. The number of ether oxygens (including phenoxy) is 1. The van der Waals surface area contributed by atoms with Crippen LogP contribution in [0, 0.1) is 0 Å². The van der Waals surface area contributed by atoms with E-state index in [1.807, 2.05) is 0 Å². The van der Waals surface area contributed by atoms with Gasteiger partial charge in [0.2, 0.25) is 0 Å². The Morgan fingerprint density at radius 2 is 2.00 bits per heavy atom. The summed E-state index contributed by atoms with van der Waals surface area (Å²) in [7, 11) is 0. The third-order valence-electron chi connectivity index (χ3n) is 1.55. The molecule has 0 saturated heterocycles. The summed E-state index contributed by atoms with van der Waals surface area (Å²) in [6, 6.07) is 0. The lowest BCUT2D eigenvalue weighted by atomic mass is 10.2.